The molecule has 0 unspecified atom stereocenters. The van der Waals surface area contributed by atoms with Crippen LogP contribution in [-0.4, -0.2) is 19.1 Å². The summed E-state index contributed by atoms with van der Waals surface area (Å²) >= 11 is 12.3. The van der Waals surface area contributed by atoms with Crippen molar-refractivity contribution in [3.63, 3.8) is 0 Å². The number of nitrogens with one attached hydrogen (secondary N) is 1. The van der Waals surface area contributed by atoms with Gasteiger partial charge in [-0.1, -0.05) is 35.3 Å². The molecule has 1 amide bonds. The predicted molar refractivity (Wildman–Crippen MR) is 93.2 cm³/mol. The molecule has 0 aliphatic rings. The lowest BCUT2D eigenvalue weighted by Gasteiger charge is -2.14. The fourth-order valence-corrected chi connectivity index (χ4v) is 2.45. The average molecular weight is 354 g/mol. The number of carbonyl (C=O) groups is 1. The fraction of sp³-hybridized carbons (Fsp3) is 0.235. The van der Waals surface area contributed by atoms with Gasteiger partial charge >= 0.3 is 0 Å². The summed E-state index contributed by atoms with van der Waals surface area (Å²) in [6.07, 6.45) is 0. The Morgan fingerprint density at radius 1 is 1.04 bits per heavy atom. The molecule has 0 spiro atoms. The van der Waals surface area contributed by atoms with Crippen LogP contribution < -0.4 is 14.8 Å². The van der Waals surface area contributed by atoms with Crippen molar-refractivity contribution < 1.29 is 14.3 Å². The molecule has 0 fully saturated rings. The SMILES string of the molecule is CCOc1cc(C(=O)Nc2ccccc2Cl)cc(Cl)c1OCC. The Morgan fingerprint density at radius 2 is 1.74 bits per heavy atom. The quantitative estimate of drug-likeness (QED) is 0.790. The summed E-state index contributed by atoms with van der Waals surface area (Å²) < 4.78 is 11.0. The van der Waals surface area contributed by atoms with Gasteiger partial charge in [-0.25, -0.2) is 0 Å². The Kier molecular flexibility index (Phi) is 6.13. The molecular weight excluding hydrogens is 337 g/mol. The monoisotopic (exact) mass is 353 g/mol. The first-order chi connectivity index (χ1) is 11.1. The van der Waals surface area contributed by atoms with E-state index < -0.39 is 0 Å². The molecule has 2 aromatic rings. The molecular formula is C17H17Cl2NO3. The van der Waals surface area contributed by atoms with E-state index in [-0.39, 0.29) is 5.91 Å². The molecule has 0 saturated carbocycles. The second-order valence-corrected chi connectivity index (χ2v) is 5.40. The zero-order valence-corrected chi connectivity index (χ0v) is 14.4. The number of amides is 1. The molecule has 0 aliphatic carbocycles. The Morgan fingerprint density at radius 3 is 2.39 bits per heavy atom. The van der Waals surface area contributed by atoms with E-state index in [1.807, 2.05) is 13.8 Å². The second kappa shape index (κ2) is 8.09. The molecule has 0 saturated heterocycles. The van der Waals surface area contributed by atoms with Gasteiger partial charge in [-0.2, -0.15) is 0 Å². The van der Waals surface area contributed by atoms with E-state index in [9.17, 15) is 4.79 Å². The number of hydrogen-bond acceptors (Lipinski definition) is 3. The first kappa shape index (κ1) is 17.4. The van der Waals surface area contributed by atoms with Gasteiger partial charge in [-0.05, 0) is 38.1 Å². The van der Waals surface area contributed by atoms with Crippen molar-refractivity contribution in [2.75, 3.05) is 18.5 Å². The molecule has 0 aromatic heterocycles. The van der Waals surface area contributed by atoms with Gasteiger partial charge in [0.2, 0.25) is 0 Å². The molecule has 23 heavy (non-hydrogen) atoms. The molecule has 0 atom stereocenters. The van der Waals surface area contributed by atoms with E-state index in [2.05, 4.69) is 5.32 Å². The zero-order chi connectivity index (χ0) is 16.8. The minimum absolute atomic E-state index is 0.321. The number of rotatable bonds is 6. The third kappa shape index (κ3) is 4.30. The van der Waals surface area contributed by atoms with E-state index in [4.69, 9.17) is 32.7 Å². The summed E-state index contributed by atoms with van der Waals surface area (Å²) in [5.41, 5.74) is 0.893. The maximum absolute atomic E-state index is 12.4. The molecule has 4 nitrogen and oxygen atoms in total. The van der Waals surface area contributed by atoms with Gasteiger partial charge in [0.15, 0.2) is 11.5 Å². The van der Waals surface area contributed by atoms with Crippen molar-refractivity contribution >= 4 is 34.8 Å². The lowest BCUT2D eigenvalue weighted by atomic mass is 10.1. The summed E-state index contributed by atoms with van der Waals surface area (Å²) in [4.78, 5) is 12.4. The summed E-state index contributed by atoms with van der Waals surface area (Å²) in [5, 5.41) is 3.53. The second-order valence-electron chi connectivity index (χ2n) is 4.59. The third-order valence-corrected chi connectivity index (χ3v) is 3.59. The van der Waals surface area contributed by atoms with Crippen molar-refractivity contribution in [3.8, 4) is 11.5 Å². The van der Waals surface area contributed by atoms with Crippen molar-refractivity contribution in [1.82, 2.24) is 0 Å². The number of ether oxygens (including phenoxy) is 2. The van der Waals surface area contributed by atoms with Gasteiger partial charge in [-0.15, -0.1) is 0 Å². The van der Waals surface area contributed by atoms with Gasteiger partial charge in [-0.3, -0.25) is 4.79 Å². The van der Waals surface area contributed by atoms with E-state index >= 15 is 0 Å². The van der Waals surface area contributed by atoms with Crippen LogP contribution >= 0.6 is 23.2 Å². The Bertz CT molecular complexity index is 704. The lowest BCUT2D eigenvalue weighted by molar-refractivity contribution is 0.102. The molecule has 0 bridgehead atoms. The summed E-state index contributed by atoms with van der Waals surface area (Å²) in [6, 6.07) is 10.2. The summed E-state index contributed by atoms with van der Waals surface area (Å²) in [6.45, 7) is 4.58. The van der Waals surface area contributed by atoms with Crippen molar-refractivity contribution in [1.29, 1.82) is 0 Å². The Balaban J connectivity index is 2.31. The number of halogens is 2. The minimum Gasteiger partial charge on any atom is -0.490 e. The van der Waals surface area contributed by atoms with E-state index in [0.29, 0.717) is 46.0 Å². The van der Waals surface area contributed by atoms with Crippen LogP contribution in [0.15, 0.2) is 36.4 Å². The van der Waals surface area contributed by atoms with Gasteiger partial charge in [0.05, 0.1) is 28.9 Å². The van der Waals surface area contributed by atoms with Crippen LogP contribution in [0.3, 0.4) is 0 Å². The number of benzene rings is 2. The molecule has 2 rings (SSSR count). The maximum atomic E-state index is 12.4. The molecule has 1 N–H and O–H groups in total. The molecule has 122 valence electrons. The third-order valence-electron chi connectivity index (χ3n) is 2.98. The topological polar surface area (TPSA) is 47.6 Å². The van der Waals surface area contributed by atoms with Crippen LogP contribution in [0.5, 0.6) is 11.5 Å². The molecule has 0 aliphatic heterocycles. The molecule has 0 heterocycles. The number of hydrogen-bond donors (Lipinski definition) is 1. The summed E-state index contributed by atoms with van der Waals surface area (Å²) in [5.74, 6) is 0.542. The highest BCUT2D eigenvalue weighted by Crippen LogP contribution is 2.37. The fourth-order valence-electron chi connectivity index (χ4n) is 2.00. The average Bonchev–Trinajstić information content (AvgIpc) is 2.53. The van der Waals surface area contributed by atoms with Gasteiger partial charge in [0.1, 0.15) is 0 Å². The molecule has 2 aromatic carbocycles. The van der Waals surface area contributed by atoms with Crippen LogP contribution in [0, 0.1) is 0 Å². The zero-order valence-electron chi connectivity index (χ0n) is 12.9. The highest BCUT2D eigenvalue weighted by Gasteiger charge is 2.16. The van der Waals surface area contributed by atoms with Crippen LogP contribution in [0.1, 0.15) is 24.2 Å². The maximum Gasteiger partial charge on any atom is 0.255 e. The smallest absolute Gasteiger partial charge is 0.255 e. The Hall–Kier alpha value is -1.91. The number of anilines is 1. The van der Waals surface area contributed by atoms with Crippen LogP contribution in [0.4, 0.5) is 5.69 Å². The largest absolute Gasteiger partial charge is 0.490 e. The van der Waals surface area contributed by atoms with Crippen molar-refractivity contribution in [2.24, 2.45) is 0 Å². The van der Waals surface area contributed by atoms with Gasteiger partial charge in [0, 0.05) is 5.56 Å². The first-order valence-electron chi connectivity index (χ1n) is 7.21. The van der Waals surface area contributed by atoms with E-state index in [1.165, 1.54) is 0 Å². The summed E-state index contributed by atoms with van der Waals surface area (Å²) in [7, 11) is 0. The number of para-hydroxylation sites is 1. The predicted octanol–water partition coefficient (Wildman–Crippen LogP) is 5.04. The first-order valence-corrected chi connectivity index (χ1v) is 7.97. The molecule has 6 heteroatoms. The minimum atomic E-state index is -0.330. The van der Waals surface area contributed by atoms with Crippen LogP contribution in [0.25, 0.3) is 0 Å². The van der Waals surface area contributed by atoms with Crippen molar-refractivity contribution in [3.05, 3.63) is 52.0 Å². The van der Waals surface area contributed by atoms with Crippen molar-refractivity contribution in [2.45, 2.75) is 13.8 Å². The van der Waals surface area contributed by atoms with Gasteiger partial charge in [0.25, 0.3) is 5.91 Å². The number of carbonyl (C=O) groups excluding carboxylic acids is 1. The lowest BCUT2D eigenvalue weighted by Crippen LogP contribution is -2.13. The normalized spacial score (nSPS) is 10.3. The van der Waals surface area contributed by atoms with E-state index in [0.717, 1.165) is 0 Å². The standard InChI is InChI=1S/C17H17Cl2NO3/c1-3-22-15-10-11(9-13(19)16(15)23-4-2)17(21)20-14-8-6-5-7-12(14)18/h5-10H,3-4H2,1-2H3,(H,20,21). The molecule has 0 radical (unpaired) electrons. The van der Waals surface area contributed by atoms with Crippen LogP contribution in [-0.2, 0) is 0 Å². The van der Waals surface area contributed by atoms with E-state index in [1.54, 1.807) is 36.4 Å². The van der Waals surface area contributed by atoms with Crippen LogP contribution in [0.2, 0.25) is 10.0 Å². The highest BCUT2D eigenvalue weighted by molar-refractivity contribution is 6.34. The van der Waals surface area contributed by atoms with Gasteiger partial charge < -0.3 is 14.8 Å². The Labute approximate surface area is 145 Å². The highest BCUT2D eigenvalue weighted by atomic mass is 35.5.